The molecule has 1 amide bonds. The molecule has 1 aromatic rings. The Labute approximate surface area is 123 Å². The molecule has 0 saturated heterocycles. The summed E-state index contributed by atoms with van der Waals surface area (Å²) in [7, 11) is 0. The Balaban J connectivity index is 2.05. The lowest BCUT2D eigenvalue weighted by Crippen LogP contribution is -2.38. The quantitative estimate of drug-likeness (QED) is 0.663. The van der Waals surface area contributed by atoms with Gasteiger partial charge in [-0.25, -0.2) is 4.39 Å². The predicted octanol–water partition coefficient (Wildman–Crippen LogP) is 2.63. The number of halogens is 4. The number of alkyl halides is 3. The van der Waals surface area contributed by atoms with Crippen molar-refractivity contribution in [3.8, 4) is 0 Å². The maximum Gasteiger partial charge on any atom is 0.454 e. The van der Waals surface area contributed by atoms with Crippen molar-refractivity contribution in [1.29, 1.82) is 0 Å². The third kappa shape index (κ3) is 3.63. The van der Waals surface area contributed by atoms with Crippen molar-refractivity contribution in [3.63, 3.8) is 0 Å². The van der Waals surface area contributed by atoms with Crippen molar-refractivity contribution in [1.82, 2.24) is 10.9 Å². The van der Waals surface area contributed by atoms with Crippen LogP contribution in [-0.2, 0) is 4.79 Å². The summed E-state index contributed by atoms with van der Waals surface area (Å²) in [6.07, 6.45) is -4.30. The van der Waals surface area contributed by atoms with Gasteiger partial charge >= 0.3 is 6.18 Å². The minimum absolute atomic E-state index is 0.00704. The van der Waals surface area contributed by atoms with Crippen LogP contribution in [0.4, 0.5) is 17.6 Å². The van der Waals surface area contributed by atoms with E-state index in [1.807, 2.05) is 0 Å². The molecule has 22 heavy (non-hydrogen) atoms. The van der Waals surface area contributed by atoms with Gasteiger partial charge in [0.25, 0.3) is 11.7 Å². The van der Waals surface area contributed by atoms with Crippen LogP contribution in [0, 0.1) is 5.82 Å². The smallest absolute Gasteiger partial charge is 0.302 e. The van der Waals surface area contributed by atoms with Crippen LogP contribution in [0.25, 0.3) is 0 Å². The Morgan fingerprint density at radius 1 is 1.05 bits per heavy atom. The first-order valence-corrected chi connectivity index (χ1v) is 6.44. The number of rotatable bonds is 4. The van der Waals surface area contributed by atoms with E-state index < -0.39 is 23.7 Å². The zero-order valence-electron chi connectivity index (χ0n) is 11.3. The molecular formula is C14H12F4N2O2. The van der Waals surface area contributed by atoms with Crippen molar-refractivity contribution in [2.75, 3.05) is 0 Å². The highest BCUT2D eigenvalue weighted by molar-refractivity contribution is 6.00. The van der Waals surface area contributed by atoms with Crippen LogP contribution in [0.3, 0.4) is 0 Å². The summed E-state index contributed by atoms with van der Waals surface area (Å²) in [5.41, 5.74) is 4.39. The summed E-state index contributed by atoms with van der Waals surface area (Å²) < 4.78 is 50.1. The van der Waals surface area contributed by atoms with Crippen LogP contribution in [0.1, 0.15) is 29.6 Å². The number of allylic oxidation sites excluding steroid dienone is 2. The van der Waals surface area contributed by atoms with Gasteiger partial charge in [-0.3, -0.25) is 15.0 Å². The van der Waals surface area contributed by atoms with Crippen LogP contribution in [0.2, 0.25) is 0 Å². The first kappa shape index (κ1) is 16.0. The standard InChI is InChI=1S/C14H12F4N2O2/c15-9-6-4-8(5-7-9)13(22)20-19-11-3-1-2-10(11)12(21)14(16,17)18/h4-7,19H,1-3H2,(H,20,22). The number of hydrogen-bond donors (Lipinski definition) is 2. The topological polar surface area (TPSA) is 58.2 Å². The number of carbonyl (C=O) groups excluding carboxylic acids is 2. The molecule has 0 heterocycles. The predicted molar refractivity (Wildman–Crippen MR) is 68.9 cm³/mol. The number of ketones is 1. The molecule has 0 radical (unpaired) electrons. The average molecular weight is 316 g/mol. The molecule has 0 atom stereocenters. The molecule has 0 unspecified atom stereocenters. The third-order valence-electron chi connectivity index (χ3n) is 3.18. The van der Waals surface area contributed by atoms with E-state index in [0.29, 0.717) is 6.42 Å². The second kappa shape index (κ2) is 6.17. The first-order chi connectivity index (χ1) is 10.3. The molecule has 0 aromatic heterocycles. The van der Waals surface area contributed by atoms with Crippen LogP contribution in [-0.4, -0.2) is 17.9 Å². The molecule has 2 N–H and O–H groups in total. The van der Waals surface area contributed by atoms with E-state index in [0.717, 1.165) is 12.1 Å². The molecule has 0 aliphatic heterocycles. The van der Waals surface area contributed by atoms with E-state index in [4.69, 9.17) is 0 Å². The minimum Gasteiger partial charge on any atom is -0.302 e. The van der Waals surface area contributed by atoms with Gasteiger partial charge in [-0.05, 0) is 43.5 Å². The molecule has 1 aromatic carbocycles. The van der Waals surface area contributed by atoms with Gasteiger partial charge in [0.1, 0.15) is 5.82 Å². The number of Topliss-reactive ketones (excluding diaryl/α,β-unsaturated/α-hetero) is 1. The highest BCUT2D eigenvalue weighted by Crippen LogP contribution is 2.30. The van der Waals surface area contributed by atoms with Gasteiger partial charge in [0, 0.05) is 16.8 Å². The molecule has 4 nitrogen and oxygen atoms in total. The normalized spacial score (nSPS) is 14.9. The van der Waals surface area contributed by atoms with Crippen LogP contribution in [0.15, 0.2) is 35.5 Å². The van der Waals surface area contributed by atoms with E-state index in [1.165, 1.54) is 12.1 Å². The highest BCUT2D eigenvalue weighted by Gasteiger charge is 2.42. The summed E-state index contributed by atoms with van der Waals surface area (Å²) in [5.74, 6) is -3.05. The van der Waals surface area contributed by atoms with E-state index in [1.54, 1.807) is 0 Å². The summed E-state index contributed by atoms with van der Waals surface area (Å²) in [6, 6.07) is 4.64. The SMILES string of the molecule is O=C(NNC1=C(C(=O)C(F)(F)F)CCC1)c1ccc(F)cc1. The van der Waals surface area contributed by atoms with Crippen molar-refractivity contribution in [3.05, 3.63) is 46.9 Å². The monoisotopic (exact) mass is 316 g/mol. The minimum atomic E-state index is -4.94. The van der Waals surface area contributed by atoms with Gasteiger partial charge in [0.2, 0.25) is 0 Å². The average Bonchev–Trinajstić information content (AvgIpc) is 2.91. The molecule has 0 bridgehead atoms. The van der Waals surface area contributed by atoms with Gasteiger partial charge < -0.3 is 5.43 Å². The Hall–Kier alpha value is -2.38. The molecule has 0 spiro atoms. The fourth-order valence-corrected chi connectivity index (χ4v) is 2.11. The Morgan fingerprint density at radius 3 is 2.27 bits per heavy atom. The Kier molecular flexibility index (Phi) is 4.48. The van der Waals surface area contributed by atoms with Crippen molar-refractivity contribution >= 4 is 11.7 Å². The van der Waals surface area contributed by atoms with Gasteiger partial charge in [-0.15, -0.1) is 0 Å². The van der Waals surface area contributed by atoms with Crippen molar-refractivity contribution in [2.45, 2.75) is 25.4 Å². The summed E-state index contributed by atoms with van der Waals surface area (Å²) >= 11 is 0. The number of amides is 1. The van der Waals surface area contributed by atoms with Crippen LogP contribution in [0.5, 0.6) is 0 Å². The lowest BCUT2D eigenvalue weighted by atomic mass is 10.1. The second-order valence-corrected chi connectivity index (χ2v) is 4.72. The number of benzene rings is 1. The molecule has 118 valence electrons. The van der Waals surface area contributed by atoms with Gasteiger partial charge in [-0.2, -0.15) is 13.2 Å². The number of carbonyl (C=O) groups is 2. The largest absolute Gasteiger partial charge is 0.454 e. The van der Waals surface area contributed by atoms with E-state index in [-0.39, 0.29) is 29.7 Å². The van der Waals surface area contributed by atoms with Gasteiger partial charge in [-0.1, -0.05) is 0 Å². The summed E-state index contributed by atoms with van der Waals surface area (Å²) in [6.45, 7) is 0. The second-order valence-electron chi connectivity index (χ2n) is 4.72. The number of nitrogens with one attached hydrogen (secondary N) is 2. The Morgan fingerprint density at radius 2 is 1.68 bits per heavy atom. The molecule has 1 aliphatic carbocycles. The van der Waals surface area contributed by atoms with E-state index >= 15 is 0 Å². The fourth-order valence-electron chi connectivity index (χ4n) is 2.11. The van der Waals surface area contributed by atoms with Crippen LogP contribution >= 0.6 is 0 Å². The van der Waals surface area contributed by atoms with Crippen molar-refractivity contribution < 1.29 is 27.2 Å². The number of hydrazine groups is 1. The van der Waals surface area contributed by atoms with Gasteiger partial charge in [0.15, 0.2) is 0 Å². The summed E-state index contributed by atoms with van der Waals surface area (Å²) in [5, 5.41) is 0. The molecular weight excluding hydrogens is 304 g/mol. The van der Waals surface area contributed by atoms with Gasteiger partial charge in [0.05, 0.1) is 0 Å². The van der Waals surface area contributed by atoms with Crippen LogP contribution < -0.4 is 10.9 Å². The maximum atomic E-state index is 12.7. The van der Waals surface area contributed by atoms with E-state index in [2.05, 4.69) is 10.9 Å². The molecule has 2 rings (SSSR count). The molecule has 8 heteroatoms. The fraction of sp³-hybridized carbons (Fsp3) is 0.286. The summed E-state index contributed by atoms with van der Waals surface area (Å²) in [4.78, 5) is 23.0. The van der Waals surface area contributed by atoms with Crippen molar-refractivity contribution in [2.24, 2.45) is 0 Å². The molecule has 0 fully saturated rings. The molecule has 1 aliphatic rings. The Bertz CT molecular complexity index is 621. The first-order valence-electron chi connectivity index (χ1n) is 6.44. The highest BCUT2D eigenvalue weighted by atomic mass is 19.4. The lowest BCUT2D eigenvalue weighted by Gasteiger charge is -2.12. The zero-order valence-corrected chi connectivity index (χ0v) is 11.3. The maximum absolute atomic E-state index is 12.7. The van der Waals surface area contributed by atoms with E-state index in [9.17, 15) is 27.2 Å². The number of hydrogen-bond acceptors (Lipinski definition) is 3. The molecule has 0 saturated carbocycles. The third-order valence-corrected chi connectivity index (χ3v) is 3.18. The zero-order chi connectivity index (χ0) is 16.3. The lowest BCUT2D eigenvalue weighted by molar-refractivity contribution is -0.166.